The molecule has 50 heavy (non-hydrogen) atoms. The number of benzene rings is 6. The van der Waals surface area contributed by atoms with Gasteiger partial charge in [0.15, 0.2) is 0 Å². The first-order valence-corrected chi connectivity index (χ1v) is 20.2. The molecule has 6 aromatic carbocycles. The maximum Gasteiger partial charge on any atom is 0.124 e. The minimum Gasteiger partial charge on any atom is -0.744 e. The summed E-state index contributed by atoms with van der Waals surface area (Å²) in [7, 11) is -6.05. The van der Waals surface area contributed by atoms with Gasteiger partial charge in [0, 0.05) is 6.42 Å². The van der Waals surface area contributed by atoms with Gasteiger partial charge in [-0.15, -0.1) is 0 Å². The van der Waals surface area contributed by atoms with E-state index >= 15 is 0 Å². The Morgan fingerprint density at radius 2 is 0.940 bits per heavy atom. The molecule has 0 unspecified atom stereocenters. The number of hydrogen-bond acceptors (Lipinski definition) is 5. The number of aryl methyl sites for hydroxylation is 2. The Hall–Kier alpha value is -4.74. The minimum atomic E-state index is -4.27. The standard InChI is InChI=1S/C36H36O2P.C7H8O3S/c1-5-16-32(17-6-1)37-28-14-29-38-33-26-24-31(25-27-33)15-13-30-39(34-18-7-2-8-19-34,35-20-9-3-10-21-35)36-22-11-4-12-23-36;1-6-2-4-7(5-3-6)11(8,9)10/h1-12,16-27H,13-15,28-30H2;2-5H,1H3,(H,8,9,10)/q+1;/p-1. The molecule has 0 saturated carbocycles. The van der Waals surface area contributed by atoms with Crippen LogP contribution in [0.15, 0.2) is 175 Å². The molecule has 0 fully saturated rings. The first-order valence-electron chi connectivity index (χ1n) is 16.8. The van der Waals surface area contributed by atoms with Crippen molar-refractivity contribution < 1.29 is 22.4 Å². The van der Waals surface area contributed by atoms with E-state index in [0.717, 1.165) is 42.5 Å². The molecule has 7 heteroatoms. The topological polar surface area (TPSA) is 75.7 Å². The van der Waals surface area contributed by atoms with Crippen molar-refractivity contribution >= 4 is 33.3 Å². The smallest absolute Gasteiger partial charge is 0.124 e. The molecule has 0 spiro atoms. The molecule has 0 aliphatic carbocycles. The van der Waals surface area contributed by atoms with E-state index in [1.54, 1.807) is 12.1 Å². The zero-order valence-corrected chi connectivity index (χ0v) is 30.0. The van der Waals surface area contributed by atoms with E-state index in [4.69, 9.17) is 9.47 Å². The zero-order valence-electron chi connectivity index (χ0n) is 28.3. The summed E-state index contributed by atoms with van der Waals surface area (Å²) in [6, 6.07) is 57.7. The van der Waals surface area contributed by atoms with E-state index in [-0.39, 0.29) is 4.90 Å². The third-order valence-electron chi connectivity index (χ3n) is 8.35. The van der Waals surface area contributed by atoms with Crippen LogP contribution >= 0.6 is 7.26 Å². The Balaban J connectivity index is 0.000000377. The summed E-state index contributed by atoms with van der Waals surface area (Å²) in [5.74, 6) is 1.82. The lowest BCUT2D eigenvalue weighted by Gasteiger charge is -2.27. The molecule has 0 aliphatic heterocycles. The normalized spacial score (nSPS) is 11.2. The number of ether oxygens (including phenoxy) is 2. The molecule has 0 radical (unpaired) electrons. The van der Waals surface area contributed by atoms with Crippen LogP contribution < -0.4 is 25.4 Å². The Labute approximate surface area is 297 Å². The van der Waals surface area contributed by atoms with Crippen LogP contribution in [-0.2, 0) is 16.5 Å². The summed E-state index contributed by atoms with van der Waals surface area (Å²) in [5.41, 5.74) is 2.28. The maximum atomic E-state index is 10.4. The van der Waals surface area contributed by atoms with E-state index in [1.165, 1.54) is 33.6 Å². The van der Waals surface area contributed by atoms with Gasteiger partial charge in [-0.25, -0.2) is 8.42 Å². The molecule has 0 aromatic heterocycles. The summed E-state index contributed by atoms with van der Waals surface area (Å²) >= 11 is 0. The quantitative estimate of drug-likeness (QED) is 0.0648. The van der Waals surface area contributed by atoms with E-state index < -0.39 is 17.4 Å². The van der Waals surface area contributed by atoms with Crippen LogP contribution in [0, 0.1) is 6.92 Å². The Morgan fingerprint density at radius 1 is 0.520 bits per heavy atom. The van der Waals surface area contributed by atoms with Crippen molar-refractivity contribution in [2.75, 3.05) is 19.4 Å². The molecule has 6 rings (SSSR count). The first kappa shape index (κ1) is 36.5. The maximum absolute atomic E-state index is 10.4. The molecule has 6 aromatic rings. The van der Waals surface area contributed by atoms with Crippen LogP contribution in [0.25, 0.3) is 0 Å². The van der Waals surface area contributed by atoms with Gasteiger partial charge in [-0.2, -0.15) is 0 Å². The van der Waals surface area contributed by atoms with Gasteiger partial charge in [-0.1, -0.05) is 103 Å². The number of para-hydroxylation sites is 1. The largest absolute Gasteiger partial charge is 0.744 e. The molecule has 0 bridgehead atoms. The van der Waals surface area contributed by atoms with E-state index in [0.29, 0.717) is 13.2 Å². The van der Waals surface area contributed by atoms with Crippen LogP contribution in [-0.4, -0.2) is 32.3 Å². The monoisotopic (exact) mass is 702 g/mol. The summed E-state index contributed by atoms with van der Waals surface area (Å²) in [4.78, 5) is -0.178. The van der Waals surface area contributed by atoms with Gasteiger partial charge >= 0.3 is 0 Å². The van der Waals surface area contributed by atoms with Crippen LogP contribution in [0.1, 0.15) is 24.0 Å². The lowest BCUT2D eigenvalue weighted by Crippen LogP contribution is -2.33. The second kappa shape index (κ2) is 18.3. The number of hydrogen-bond donors (Lipinski definition) is 0. The molecular weight excluding hydrogens is 660 g/mol. The molecule has 0 N–H and O–H groups in total. The molecule has 0 heterocycles. The Morgan fingerprint density at radius 3 is 1.38 bits per heavy atom. The van der Waals surface area contributed by atoms with Gasteiger partial charge in [0.25, 0.3) is 0 Å². The van der Waals surface area contributed by atoms with Crippen molar-refractivity contribution in [3.63, 3.8) is 0 Å². The summed E-state index contributed by atoms with van der Waals surface area (Å²) in [6.07, 6.45) is 4.13. The minimum absolute atomic E-state index is 0.178. The summed E-state index contributed by atoms with van der Waals surface area (Å²) < 4.78 is 42.9. The fraction of sp³-hybridized carbons (Fsp3) is 0.163. The van der Waals surface area contributed by atoms with Crippen molar-refractivity contribution in [1.82, 2.24) is 0 Å². The van der Waals surface area contributed by atoms with Gasteiger partial charge < -0.3 is 14.0 Å². The van der Waals surface area contributed by atoms with Crippen LogP contribution in [0.4, 0.5) is 0 Å². The highest BCUT2D eigenvalue weighted by Crippen LogP contribution is 2.55. The SMILES string of the molecule is Cc1ccc(S(=O)(=O)[O-])cc1.c1ccc(OCCCOc2ccc(CCC[P+](c3ccccc3)(c3ccccc3)c3ccccc3)cc2)cc1. The first-order chi connectivity index (χ1) is 24.3. The summed E-state index contributed by atoms with van der Waals surface area (Å²) in [6.45, 7) is 3.11. The van der Waals surface area contributed by atoms with Crippen LogP contribution in [0.2, 0.25) is 0 Å². The second-order valence-corrected chi connectivity index (χ2v) is 16.9. The summed E-state index contributed by atoms with van der Waals surface area (Å²) in [5, 5.41) is 4.34. The predicted molar refractivity (Wildman–Crippen MR) is 206 cm³/mol. The third kappa shape index (κ3) is 10.4. The Kier molecular flexibility index (Phi) is 13.4. The van der Waals surface area contributed by atoms with Crippen molar-refractivity contribution in [2.45, 2.75) is 31.1 Å². The molecule has 0 saturated heterocycles. The van der Waals surface area contributed by atoms with Crippen LogP contribution in [0.5, 0.6) is 11.5 Å². The third-order valence-corrected chi connectivity index (χ3v) is 13.7. The van der Waals surface area contributed by atoms with Crippen LogP contribution in [0.3, 0.4) is 0 Å². The van der Waals surface area contributed by atoms with Gasteiger partial charge in [0.05, 0.1) is 24.3 Å². The fourth-order valence-corrected chi connectivity index (χ4v) is 10.6. The molecule has 0 atom stereocenters. The lowest BCUT2D eigenvalue weighted by molar-refractivity contribution is 0.247. The van der Waals surface area contributed by atoms with Gasteiger partial charge in [-0.3, -0.25) is 0 Å². The Bertz CT molecular complexity index is 1860. The average molecular weight is 703 g/mol. The van der Waals surface area contributed by atoms with Crippen molar-refractivity contribution in [2.24, 2.45) is 0 Å². The molecule has 5 nitrogen and oxygen atoms in total. The van der Waals surface area contributed by atoms with Gasteiger partial charge in [-0.05, 0) is 98.1 Å². The highest BCUT2D eigenvalue weighted by Gasteiger charge is 2.44. The second-order valence-electron chi connectivity index (χ2n) is 11.9. The average Bonchev–Trinajstić information content (AvgIpc) is 3.15. The van der Waals surface area contributed by atoms with Crippen molar-refractivity contribution in [1.29, 1.82) is 0 Å². The molecule has 0 amide bonds. The highest BCUT2D eigenvalue weighted by atomic mass is 32.2. The van der Waals surface area contributed by atoms with Crippen molar-refractivity contribution in [3.05, 3.63) is 181 Å². The van der Waals surface area contributed by atoms with E-state index in [1.807, 2.05) is 37.3 Å². The van der Waals surface area contributed by atoms with Gasteiger partial charge in [0.1, 0.15) is 44.8 Å². The molecule has 256 valence electrons. The zero-order chi connectivity index (χ0) is 35.1. The number of rotatable bonds is 14. The highest BCUT2D eigenvalue weighted by molar-refractivity contribution is 7.95. The van der Waals surface area contributed by atoms with E-state index in [2.05, 4.69) is 115 Å². The predicted octanol–water partition coefficient (Wildman–Crippen LogP) is 8.36. The lowest BCUT2D eigenvalue weighted by atomic mass is 10.1. The van der Waals surface area contributed by atoms with Crippen molar-refractivity contribution in [3.8, 4) is 11.5 Å². The van der Waals surface area contributed by atoms with Gasteiger partial charge in [0.2, 0.25) is 0 Å². The fourth-order valence-electron chi connectivity index (χ4n) is 5.82. The molecular formula is C43H43O5PS. The van der Waals surface area contributed by atoms with E-state index in [9.17, 15) is 13.0 Å². The molecule has 0 aliphatic rings.